The lowest BCUT2D eigenvalue weighted by atomic mass is 9.99. The van der Waals surface area contributed by atoms with Crippen molar-refractivity contribution >= 4 is 17.6 Å². The second-order valence-electron chi connectivity index (χ2n) is 7.95. The molecule has 4 N–H and O–H groups in total. The van der Waals surface area contributed by atoms with Gasteiger partial charge in [0, 0.05) is 11.4 Å². The van der Waals surface area contributed by atoms with E-state index in [2.05, 4.69) is 0 Å². The van der Waals surface area contributed by atoms with E-state index in [4.69, 9.17) is 30.5 Å². The number of benzene rings is 2. The fraction of sp³-hybridized carbons (Fsp3) is 0.435. The maximum Gasteiger partial charge on any atom is 0.347 e. The second-order valence-corrected chi connectivity index (χ2v) is 8.36. The molecule has 0 aromatic heterocycles. The molecule has 2 aliphatic rings. The van der Waals surface area contributed by atoms with E-state index in [0.29, 0.717) is 36.0 Å². The average molecular weight is 481 g/mol. The van der Waals surface area contributed by atoms with Crippen molar-refractivity contribution in [1.82, 2.24) is 0 Å². The molecular weight excluding hydrogens is 456 g/mol. The summed E-state index contributed by atoms with van der Waals surface area (Å²) in [5, 5.41) is 39.8. The van der Waals surface area contributed by atoms with Gasteiger partial charge in [-0.3, -0.25) is 0 Å². The third kappa shape index (κ3) is 5.40. The van der Waals surface area contributed by atoms with Gasteiger partial charge in [-0.2, -0.15) is 0 Å². The van der Waals surface area contributed by atoms with Crippen LogP contribution in [0.3, 0.4) is 0 Å². The Morgan fingerprint density at radius 3 is 2.36 bits per heavy atom. The second kappa shape index (κ2) is 10.3. The molecule has 2 aliphatic heterocycles. The summed E-state index contributed by atoms with van der Waals surface area (Å²) < 4.78 is 21.6. The summed E-state index contributed by atoms with van der Waals surface area (Å²) in [5.74, 6) is 0.536. The van der Waals surface area contributed by atoms with Crippen molar-refractivity contribution in [2.45, 2.75) is 49.7 Å². The average Bonchev–Trinajstić information content (AvgIpc) is 3.21. The first kappa shape index (κ1) is 23.7. The minimum absolute atomic E-state index is 0.332. The molecule has 2 heterocycles. The smallest absolute Gasteiger partial charge is 0.347 e. The first-order valence-electron chi connectivity index (χ1n) is 10.5. The van der Waals surface area contributed by atoms with E-state index in [1.54, 1.807) is 30.3 Å². The summed E-state index contributed by atoms with van der Waals surface area (Å²) in [6.07, 6.45) is -6.43. The van der Waals surface area contributed by atoms with Gasteiger partial charge in [0.25, 0.3) is 0 Å². The molecule has 9 nitrogen and oxygen atoms in total. The van der Waals surface area contributed by atoms with Gasteiger partial charge in [-0.1, -0.05) is 23.7 Å². The number of hydrogen-bond acceptors (Lipinski definition) is 9. The normalized spacial score (nSPS) is 29.5. The van der Waals surface area contributed by atoms with Gasteiger partial charge < -0.3 is 39.4 Å². The van der Waals surface area contributed by atoms with Crippen molar-refractivity contribution in [3.8, 4) is 11.5 Å². The van der Waals surface area contributed by atoms with Gasteiger partial charge in [0.1, 0.15) is 35.9 Å². The van der Waals surface area contributed by atoms with Gasteiger partial charge in [0.2, 0.25) is 6.29 Å². The van der Waals surface area contributed by atoms with Crippen LogP contribution in [0.2, 0.25) is 5.02 Å². The van der Waals surface area contributed by atoms with Crippen molar-refractivity contribution < 1.29 is 44.2 Å². The van der Waals surface area contributed by atoms with Crippen molar-refractivity contribution in [2.24, 2.45) is 0 Å². The summed E-state index contributed by atoms with van der Waals surface area (Å²) in [4.78, 5) is 11.6. The molecule has 2 fully saturated rings. The number of hydrogen-bond donors (Lipinski definition) is 4. The lowest BCUT2D eigenvalue weighted by Gasteiger charge is -2.39. The molecular formula is C23H25ClO9. The predicted octanol–water partition coefficient (Wildman–Crippen LogP) is 0.804. The topological polar surface area (TPSA) is 135 Å². The Bertz CT molecular complexity index is 965. The Hall–Kier alpha value is -2.40. The monoisotopic (exact) mass is 480 g/mol. The summed E-state index contributed by atoms with van der Waals surface area (Å²) in [6, 6.07) is 12.2. The number of ether oxygens (including phenoxy) is 4. The fourth-order valence-electron chi connectivity index (χ4n) is 3.71. The van der Waals surface area contributed by atoms with Crippen molar-refractivity contribution in [3.05, 3.63) is 58.6 Å². The Labute approximate surface area is 195 Å². The molecule has 2 aromatic carbocycles. The molecule has 1 unspecified atom stereocenters. The molecule has 0 spiro atoms. The molecule has 2 saturated heterocycles. The molecule has 0 saturated carbocycles. The molecule has 6 atom stereocenters. The number of carbonyl (C=O) groups is 1. The van der Waals surface area contributed by atoms with E-state index in [9.17, 15) is 25.2 Å². The van der Waals surface area contributed by atoms with Gasteiger partial charge in [0.15, 0.2) is 6.10 Å². The van der Waals surface area contributed by atoms with Crippen molar-refractivity contribution in [3.63, 3.8) is 0 Å². The zero-order valence-corrected chi connectivity index (χ0v) is 18.3. The highest BCUT2D eigenvalue weighted by molar-refractivity contribution is 6.31. The standard InChI is InChI=1S/C23H25ClO9/c24-16-6-5-15(32-23-21(28)20(27)19(26)18(11-25)33-23)10-13(16)9-12-1-3-14(4-2-12)31-17-7-8-30-22(17)29/h1-6,10,17-21,23,25-28H,7-9,11H2/t17?,18-,19-,20+,21-,23-/m1/s1. The minimum Gasteiger partial charge on any atom is -0.479 e. The first-order valence-corrected chi connectivity index (χ1v) is 10.9. The Morgan fingerprint density at radius 1 is 0.970 bits per heavy atom. The van der Waals surface area contributed by atoms with E-state index in [-0.39, 0.29) is 5.97 Å². The molecule has 178 valence electrons. The lowest BCUT2D eigenvalue weighted by Crippen LogP contribution is -2.60. The van der Waals surface area contributed by atoms with Crippen LogP contribution in [0.4, 0.5) is 0 Å². The Balaban J connectivity index is 1.42. The number of aliphatic hydroxyl groups excluding tert-OH is 4. The van der Waals surface area contributed by atoms with Gasteiger partial charge >= 0.3 is 5.97 Å². The minimum atomic E-state index is -1.53. The number of carbonyl (C=O) groups excluding carboxylic acids is 1. The molecule has 4 rings (SSSR count). The van der Waals surface area contributed by atoms with Crippen LogP contribution in [0, 0.1) is 0 Å². The van der Waals surface area contributed by atoms with Crippen LogP contribution in [0.5, 0.6) is 11.5 Å². The van der Waals surface area contributed by atoms with Crippen molar-refractivity contribution in [1.29, 1.82) is 0 Å². The van der Waals surface area contributed by atoms with E-state index in [1.165, 1.54) is 0 Å². The molecule has 0 amide bonds. The van der Waals surface area contributed by atoms with Crippen LogP contribution in [0.1, 0.15) is 17.5 Å². The quantitative estimate of drug-likeness (QED) is 0.424. The summed E-state index contributed by atoms with van der Waals surface area (Å²) >= 11 is 6.35. The van der Waals surface area contributed by atoms with E-state index < -0.39 is 43.4 Å². The Kier molecular flexibility index (Phi) is 7.38. The van der Waals surface area contributed by atoms with Crippen LogP contribution in [0.15, 0.2) is 42.5 Å². The van der Waals surface area contributed by atoms with E-state index in [0.717, 1.165) is 11.1 Å². The van der Waals surface area contributed by atoms with Gasteiger partial charge in [-0.15, -0.1) is 0 Å². The van der Waals surface area contributed by atoms with Gasteiger partial charge in [0.05, 0.1) is 13.2 Å². The van der Waals surface area contributed by atoms with Gasteiger partial charge in [-0.05, 0) is 47.9 Å². The third-order valence-corrected chi connectivity index (χ3v) is 5.97. The maximum absolute atomic E-state index is 11.6. The fourth-order valence-corrected chi connectivity index (χ4v) is 3.90. The largest absolute Gasteiger partial charge is 0.479 e. The molecule has 33 heavy (non-hydrogen) atoms. The van der Waals surface area contributed by atoms with Crippen molar-refractivity contribution in [2.75, 3.05) is 13.2 Å². The van der Waals surface area contributed by atoms with E-state index >= 15 is 0 Å². The Morgan fingerprint density at radius 2 is 1.70 bits per heavy atom. The molecule has 10 heteroatoms. The highest BCUT2D eigenvalue weighted by atomic mass is 35.5. The zero-order valence-electron chi connectivity index (χ0n) is 17.5. The van der Waals surface area contributed by atoms with Gasteiger partial charge in [-0.25, -0.2) is 4.79 Å². The zero-order chi connectivity index (χ0) is 23.5. The number of rotatable bonds is 7. The SMILES string of the molecule is O=C1OCCC1Oc1ccc(Cc2cc(O[C@@H]3O[C@H](CO)[C@@H](O)[C@H](O)[C@H]3O)ccc2Cl)cc1. The van der Waals surface area contributed by atoms with Crippen LogP contribution in [-0.2, 0) is 20.7 Å². The van der Waals surface area contributed by atoms with Crippen LogP contribution in [-0.4, -0.2) is 76.4 Å². The third-order valence-electron chi connectivity index (χ3n) is 5.60. The highest BCUT2D eigenvalue weighted by Gasteiger charge is 2.44. The van der Waals surface area contributed by atoms with E-state index in [1.807, 2.05) is 12.1 Å². The summed E-state index contributed by atoms with van der Waals surface area (Å²) in [7, 11) is 0. The predicted molar refractivity (Wildman–Crippen MR) is 115 cm³/mol. The summed E-state index contributed by atoms with van der Waals surface area (Å²) in [5.41, 5.74) is 1.68. The van der Waals surface area contributed by atoms with Crippen LogP contribution in [0.25, 0.3) is 0 Å². The van der Waals surface area contributed by atoms with Crippen LogP contribution >= 0.6 is 11.6 Å². The highest BCUT2D eigenvalue weighted by Crippen LogP contribution is 2.29. The number of esters is 1. The molecule has 0 radical (unpaired) electrons. The first-order chi connectivity index (χ1) is 15.9. The molecule has 0 aliphatic carbocycles. The molecule has 2 aromatic rings. The number of halogens is 1. The number of aliphatic hydroxyl groups is 4. The lowest BCUT2D eigenvalue weighted by molar-refractivity contribution is -0.277. The summed E-state index contributed by atoms with van der Waals surface area (Å²) in [6.45, 7) is -0.181. The maximum atomic E-state index is 11.6. The molecule has 0 bridgehead atoms. The number of cyclic esters (lactones) is 1. The van der Waals surface area contributed by atoms with Crippen LogP contribution < -0.4 is 9.47 Å².